The molecule has 1 N–H and O–H groups in total. The van der Waals surface area contributed by atoms with Crippen molar-refractivity contribution in [1.29, 1.82) is 0 Å². The van der Waals surface area contributed by atoms with E-state index in [1.54, 1.807) is 36.2 Å². The fraction of sp³-hybridized carbons (Fsp3) is 0.333. The first-order valence-corrected chi connectivity index (χ1v) is 8.49. The van der Waals surface area contributed by atoms with Crippen molar-refractivity contribution in [3.63, 3.8) is 0 Å². The van der Waals surface area contributed by atoms with Crippen LogP contribution >= 0.6 is 0 Å². The van der Waals surface area contributed by atoms with E-state index in [-0.39, 0.29) is 11.5 Å². The molecule has 0 aliphatic carbocycles. The van der Waals surface area contributed by atoms with Crippen molar-refractivity contribution in [2.75, 3.05) is 13.7 Å². The predicted molar refractivity (Wildman–Crippen MR) is 99.8 cm³/mol. The fourth-order valence-electron chi connectivity index (χ4n) is 2.68. The lowest BCUT2D eigenvalue weighted by molar-refractivity contribution is -0.143. The second-order valence-corrected chi connectivity index (χ2v) is 7.03. The third kappa shape index (κ3) is 5.43. The maximum Gasteiger partial charge on any atom is 0.335 e. The van der Waals surface area contributed by atoms with Crippen molar-refractivity contribution < 1.29 is 19.4 Å². The topological polar surface area (TPSA) is 66.8 Å². The average Bonchev–Trinajstić information content (AvgIpc) is 2.62. The van der Waals surface area contributed by atoms with Gasteiger partial charge in [-0.2, -0.15) is 0 Å². The van der Waals surface area contributed by atoms with E-state index < -0.39 is 11.4 Å². The summed E-state index contributed by atoms with van der Waals surface area (Å²) in [7, 11) is 1.74. The quantitative estimate of drug-likeness (QED) is 0.786. The molecule has 138 valence electrons. The monoisotopic (exact) mass is 355 g/mol. The minimum atomic E-state index is -0.960. The zero-order valence-electron chi connectivity index (χ0n) is 15.4. The number of carboxylic acid groups (broad SMARTS) is 1. The maximum atomic E-state index is 12.7. The number of amides is 1. The molecule has 0 radical (unpaired) electrons. The van der Waals surface area contributed by atoms with Crippen LogP contribution in [-0.2, 0) is 22.7 Å². The summed E-state index contributed by atoms with van der Waals surface area (Å²) in [5.41, 5.74) is 1.54. The largest absolute Gasteiger partial charge is 0.478 e. The van der Waals surface area contributed by atoms with Crippen LogP contribution in [0.1, 0.15) is 35.3 Å². The molecular formula is C21H25NO4. The molecule has 0 fully saturated rings. The zero-order chi connectivity index (χ0) is 19.2. The van der Waals surface area contributed by atoms with Crippen molar-refractivity contribution in [2.45, 2.75) is 27.0 Å². The number of rotatable bonds is 8. The molecule has 2 aromatic carbocycles. The van der Waals surface area contributed by atoms with Crippen LogP contribution in [0.5, 0.6) is 0 Å². The lowest BCUT2D eigenvalue weighted by Gasteiger charge is -2.29. The normalized spacial score (nSPS) is 11.2. The van der Waals surface area contributed by atoms with Crippen LogP contribution in [0.15, 0.2) is 54.6 Å². The van der Waals surface area contributed by atoms with Gasteiger partial charge >= 0.3 is 5.97 Å². The third-order valence-electron chi connectivity index (χ3n) is 4.12. The summed E-state index contributed by atoms with van der Waals surface area (Å²) in [4.78, 5) is 25.3. The highest BCUT2D eigenvalue weighted by Crippen LogP contribution is 2.21. The van der Waals surface area contributed by atoms with Gasteiger partial charge in [0.25, 0.3) is 0 Å². The van der Waals surface area contributed by atoms with Crippen LogP contribution in [0.4, 0.5) is 0 Å². The highest BCUT2D eigenvalue weighted by molar-refractivity contribution is 5.87. The Bertz CT molecular complexity index is 738. The molecule has 0 bridgehead atoms. The summed E-state index contributed by atoms with van der Waals surface area (Å²) in [6.45, 7) is 4.94. The van der Waals surface area contributed by atoms with E-state index in [0.717, 1.165) is 11.1 Å². The van der Waals surface area contributed by atoms with Crippen molar-refractivity contribution in [1.82, 2.24) is 4.90 Å². The number of hydrogen-bond acceptors (Lipinski definition) is 3. The van der Waals surface area contributed by atoms with Crippen LogP contribution in [0.25, 0.3) is 0 Å². The SMILES string of the molecule is CN(Cc1ccc(C(=O)O)cc1)C(=O)C(C)(C)COCc1ccccc1. The van der Waals surface area contributed by atoms with Gasteiger partial charge in [0.2, 0.25) is 5.91 Å². The summed E-state index contributed by atoms with van der Waals surface area (Å²) in [5.74, 6) is -0.981. The standard InChI is InChI=1S/C21H25NO4/c1-21(2,15-26-14-17-7-5-4-6-8-17)20(25)22(3)13-16-9-11-18(12-10-16)19(23)24/h4-12H,13-15H2,1-3H3,(H,23,24). The van der Waals surface area contributed by atoms with E-state index in [9.17, 15) is 9.59 Å². The van der Waals surface area contributed by atoms with Gasteiger partial charge in [-0.3, -0.25) is 4.79 Å². The first-order chi connectivity index (χ1) is 12.3. The molecule has 2 rings (SSSR count). The van der Waals surface area contributed by atoms with Crippen molar-refractivity contribution in [2.24, 2.45) is 5.41 Å². The smallest absolute Gasteiger partial charge is 0.335 e. The molecular weight excluding hydrogens is 330 g/mol. The first-order valence-electron chi connectivity index (χ1n) is 8.49. The number of carbonyl (C=O) groups excluding carboxylic acids is 1. The molecule has 5 nitrogen and oxygen atoms in total. The summed E-state index contributed by atoms with van der Waals surface area (Å²) >= 11 is 0. The third-order valence-corrected chi connectivity index (χ3v) is 4.12. The van der Waals surface area contributed by atoms with Gasteiger partial charge in [-0.05, 0) is 37.1 Å². The van der Waals surface area contributed by atoms with Gasteiger partial charge in [0.1, 0.15) is 0 Å². The summed E-state index contributed by atoms with van der Waals surface area (Å²) < 4.78 is 5.74. The summed E-state index contributed by atoms with van der Waals surface area (Å²) in [6.07, 6.45) is 0. The lowest BCUT2D eigenvalue weighted by atomic mass is 9.92. The number of hydrogen-bond donors (Lipinski definition) is 1. The van der Waals surface area contributed by atoms with Gasteiger partial charge in [0.05, 0.1) is 24.2 Å². The number of nitrogens with zero attached hydrogens (tertiary/aromatic N) is 1. The lowest BCUT2D eigenvalue weighted by Crippen LogP contribution is -2.40. The molecule has 26 heavy (non-hydrogen) atoms. The van der Waals surface area contributed by atoms with E-state index in [1.165, 1.54) is 0 Å². The predicted octanol–water partition coefficient (Wildman–Crippen LogP) is 3.59. The molecule has 0 spiro atoms. The van der Waals surface area contributed by atoms with E-state index >= 15 is 0 Å². The Morgan fingerprint density at radius 1 is 1.00 bits per heavy atom. The first kappa shape index (κ1) is 19.7. The molecule has 0 aromatic heterocycles. The van der Waals surface area contributed by atoms with Crippen LogP contribution < -0.4 is 0 Å². The second kappa shape index (κ2) is 8.63. The Morgan fingerprint density at radius 3 is 2.19 bits per heavy atom. The minimum Gasteiger partial charge on any atom is -0.478 e. The number of benzene rings is 2. The Labute approximate surface area is 154 Å². The Balaban J connectivity index is 1.89. The number of carboxylic acids is 1. The van der Waals surface area contributed by atoms with E-state index in [1.807, 2.05) is 44.2 Å². The van der Waals surface area contributed by atoms with Gasteiger partial charge in [0.15, 0.2) is 0 Å². The Morgan fingerprint density at radius 2 is 1.62 bits per heavy atom. The highest BCUT2D eigenvalue weighted by Gasteiger charge is 2.30. The summed E-state index contributed by atoms with van der Waals surface area (Å²) in [6, 6.07) is 16.4. The molecule has 0 saturated heterocycles. The van der Waals surface area contributed by atoms with Crippen LogP contribution in [-0.4, -0.2) is 35.5 Å². The van der Waals surface area contributed by atoms with Crippen LogP contribution in [0.3, 0.4) is 0 Å². The van der Waals surface area contributed by atoms with E-state index in [0.29, 0.717) is 19.8 Å². The molecule has 5 heteroatoms. The van der Waals surface area contributed by atoms with Crippen molar-refractivity contribution >= 4 is 11.9 Å². The molecule has 0 atom stereocenters. The fourth-order valence-corrected chi connectivity index (χ4v) is 2.68. The van der Waals surface area contributed by atoms with Crippen LogP contribution in [0.2, 0.25) is 0 Å². The number of ether oxygens (including phenoxy) is 1. The number of aromatic carboxylic acids is 1. The highest BCUT2D eigenvalue weighted by atomic mass is 16.5. The molecule has 2 aromatic rings. The maximum absolute atomic E-state index is 12.7. The molecule has 0 saturated carbocycles. The zero-order valence-corrected chi connectivity index (χ0v) is 15.4. The second-order valence-electron chi connectivity index (χ2n) is 7.03. The average molecular weight is 355 g/mol. The molecule has 0 aliphatic rings. The Hall–Kier alpha value is -2.66. The van der Waals surface area contributed by atoms with Crippen molar-refractivity contribution in [3.8, 4) is 0 Å². The molecule has 1 amide bonds. The minimum absolute atomic E-state index is 0.0205. The Kier molecular flexibility index (Phi) is 6.52. The molecule has 0 heterocycles. The summed E-state index contributed by atoms with van der Waals surface area (Å²) in [5, 5.41) is 8.94. The molecule has 0 unspecified atom stereocenters. The van der Waals surface area contributed by atoms with Crippen molar-refractivity contribution in [3.05, 3.63) is 71.3 Å². The molecule has 0 aliphatic heterocycles. The van der Waals surface area contributed by atoms with Gasteiger partial charge < -0.3 is 14.7 Å². The van der Waals surface area contributed by atoms with E-state index in [4.69, 9.17) is 9.84 Å². The van der Waals surface area contributed by atoms with Gasteiger partial charge in [0, 0.05) is 13.6 Å². The number of carbonyl (C=O) groups is 2. The van der Waals surface area contributed by atoms with Crippen LogP contribution in [0, 0.1) is 5.41 Å². The van der Waals surface area contributed by atoms with E-state index in [2.05, 4.69) is 0 Å². The van der Waals surface area contributed by atoms with Gasteiger partial charge in [-0.15, -0.1) is 0 Å². The van der Waals surface area contributed by atoms with Gasteiger partial charge in [-0.1, -0.05) is 42.5 Å². The van der Waals surface area contributed by atoms with Gasteiger partial charge in [-0.25, -0.2) is 4.79 Å².